The number of aromatic amines is 1. The van der Waals surface area contributed by atoms with Gasteiger partial charge in [0.15, 0.2) is 0 Å². The Kier molecular flexibility index (Phi) is 3.23. The standard InChI is InChI=1S/C14H12ClN5O/c1-7-5-18-20-12(7)14-13(17-6-11(16)19-14)8-2-3-10(21)9(15)4-8/h2-6,21H,1H3,(H2,16,19)(H,18,20). The zero-order valence-corrected chi connectivity index (χ0v) is 11.9. The van der Waals surface area contributed by atoms with Crippen molar-refractivity contribution >= 4 is 17.4 Å². The number of benzene rings is 1. The molecule has 0 bridgehead atoms. The Morgan fingerprint density at radius 1 is 1.24 bits per heavy atom. The van der Waals surface area contributed by atoms with Crippen LogP contribution >= 0.6 is 11.6 Å². The molecule has 106 valence electrons. The van der Waals surface area contributed by atoms with Gasteiger partial charge >= 0.3 is 0 Å². The summed E-state index contributed by atoms with van der Waals surface area (Å²) in [5, 5.41) is 16.7. The van der Waals surface area contributed by atoms with Crippen LogP contribution in [-0.2, 0) is 0 Å². The van der Waals surface area contributed by atoms with Crippen LogP contribution < -0.4 is 5.73 Å². The van der Waals surface area contributed by atoms with Crippen LogP contribution in [0.25, 0.3) is 22.6 Å². The molecule has 3 aromatic rings. The second-order valence-corrected chi connectivity index (χ2v) is 4.99. The third-order valence-corrected chi connectivity index (χ3v) is 3.38. The lowest BCUT2D eigenvalue weighted by molar-refractivity contribution is 0.475. The molecule has 2 heterocycles. The van der Waals surface area contributed by atoms with Gasteiger partial charge in [-0.25, -0.2) is 4.98 Å². The number of nitrogens with zero attached hydrogens (tertiary/aromatic N) is 3. The normalized spacial score (nSPS) is 10.8. The van der Waals surface area contributed by atoms with E-state index in [9.17, 15) is 5.11 Å². The number of aryl methyl sites for hydroxylation is 1. The first-order valence-electron chi connectivity index (χ1n) is 6.18. The molecule has 0 radical (unpaired) electrons. The van der Waals surface area contributed by atoms with Crippen LogP contribution in [0, 0.1) is 6.92 Å². The van der Waals surface area contributed by atoms with Gasteiger partial charge in [-0.3, -0.25) is 10.1 Å². The van der Waals surface area contributed by atoms with E-state index < -0.39 is 0 Å². The number of aromatic nitrogens is 4. The van der Waals surface area contributed by atoms with E-state index >= 15 is 0 Å². The SMILES string of the molecule is Cc1cn[nH]c1-c1nc(N)cnc1-c1ccc(O)c(Cl)c1. The van der Waals surface area contributed by atoms with E-state index in [0.29, 0.717) is 17.2 Å². The fourth-order valence-corrected chi connectivity index (χ4v) is 2.21. The molecule has 6 nitrogen and oxygen atoms in total. The summed E-state index contributed by atoms with van der Waals surface area (Å²) >= 11 is 5.96. The number of rotatable bonds is 2. The summed E-state index contributed by atoms with van der Waals surface area (Å²) in [6.45, 7) is 1.91. The number of nitrogen functional groups attached to an aromatic ring is 1. The molecule has 0 aliphatic carbocycles. The molecule has 1 aromatic carbocycles. The molecule has 0 fully saturated rings. The van der Waals surface area contributed by atoms with Crippen molar-refractivity contribution in [2.24, 2.45) is 0 Å². The first-order valence-corrected chi connectivity index (χ1v) is 6.56. The number of H-pyrrole nitrogens is 1. The average molecular weight is 302 g/mol. The molecular weight excluding hydrogens is 290 g/mol. The first kappa shape index (κ1) is 13.4. The van der Waals surface area contributed by atoms with Gasteiger partial charge < -0.3 is 10.8 Å². The average Bonchev–Trinajstić information content (AvgIpc) is 2.88. The lowest BCUT2D eigenvalue weighted by Crippen LogP contribution is -1.99. The minimum atomic E-state index is 0.0168. The number of nitrogens with one attached hydrogen (secondary N) is 1. The minimum Gasteiger partial charge on any atom is -0.506 e. The summed E-state index contributed by atoms with van der Waals surface area (Å²) in [5.74, 6) is 0.329. The maximum atomic E-state index is 9.53. The second-order valence-electron chi connectivity index (χ2n) is 4.59. The third kappa shape index (κ3) is 2.41. The molecule has 7 heteroatoms. The monoisotopic (exact) mass is 301 g/mol. The van der Waals surface area contributed by atoms with Gasteiger partial charge in [0.1, 0.15) is 17.3 Å². The molecule has 0 unspecified atom stereocenters. The quantitative estimate of drug-likeness (QED) is 0.675. The van der Waals surface area contributed by atoms with E-state index in [0.717, 1.165) is 16.8 Å². The number of hydrogen-bond acceptors (Lipinski definition) is 5. The van der Waals surface area contributed by atoms with Crippen molar-refractivity contribution in [3.63, 3.8) is 0 Å². The molecule has 3 rings (SSSR count). The first-order chi connectivity index (χ1) is 10.1. The number of halogens is 1. The highest BCUT2D eigenvalue weighted by molar-refractivity contribution is 6.32. The Hall–Kier alpha value is -2.60. The minimum absolute atomic E-state index is 0.0168. The highest BCUT2D eigenvalue weighted by atomic mass is 35.5. The molecule has 0 aliphatic heterocycles. The van der Waals surface area contributed by atoms with Crippen molar-refractivity contribution in [2.45, 2.75) is 6.92 Å². The van der Waals surface area contributed by atoms with Crippen LogP contribution in [0.2, 0.25) is 5.02 Å². The van der Waals surface area contributed by atoms with Crippen molar-refractivity contribution in [3.05, 3.63) is 41.2 Å². The number of aromatic hydroxyl groups is 1. The van der Waals surface area contributed by atoms with Gasteiger partial charge in [0, 0.05) is 5.56 Å². The zero-order chi connectivity index (χ0) is 15.0. The number of anilines is 1. The van der Waals surface area contributed by atoms with Crippen LogP contribution in [-0.4, -0.2) is 25.3 Å². The molecule has 0 saturated heterocycles. The fraction of sp³-hybridized carbons (Fsp3) is 0.0714. The number of nitrogens with two attached hydrogens (primary N) is 1. The molecule has 0 aliphatic rings. The second kappa shape index (κ2) is 5.06. The van der Waals surface area contributed by atoms with Crippen LogP contribution in [0.4, 0.5) is 5.82 Å². The van der Waals surface area contributed by atoms with Crippen LogP contribution in [0.15, 0.2) is 30.6 Å². The summed E-state index contributed by atoms with van der Waals surface area (Å²) in [6, 6.07) is 4.86. The highest BCUT2D eigenvalue weighted by Crippen LogP contribution is 2.33. The van der Waals surface area contributed by atoms with E-state index in [1.807, 2.05) is 6.92 Å². The number of phenols is 1. The maximum Gasteiger partial charge on any atom is 0.142 e. The Morgan fingerprint density at radius 3 is 2.71 bits per heavy atom. The Bertz CT molecular complexity index is 815. The Morgan fingerprint density at radius 2 is 2.05 bits per heavy atom. The maximum absolute atomic E-state index is 9.53. The van der Waals surface area contributed by atoms with Crippen LogP contribution in [0.3, 0.4) is 0 Å². The van der Waals surface area contributed by atoms with E-state index in [1.165, 1.54) is 12.3 Å². The Balaban J connectivity index is 2.23. The van der Waals surface area contributed by atoms with Gasteiger partial charge in [-0.2, -0.15) is 5.10 Å². The topological polar surface area (TPSA) is 101 Å². The molecule has 0 atom stereocenters. The van der Waals surface area contributed by atoms with Gasteiger partial charge in [-0.05, 0) is 30.7 Å². The molecule has 0 spiro atoms. The zero-order valence-electron chi connectivity index (χ0n) is 11.1. The summed E-state index contributed by atoms with van der Waals surface area (Å²) in [7, 11) is 0. The predicted octanol–water partition coefficient (Wildman–Crippen LogP) is 2.78. The van der Waals surface area contributed by atoms with E-state index in [1.54, 1.807) is 18.3 Å². The van der Waals surface area contributed by atoms with Crippen molar-refractivity contribution in [1.29, 1.82) is 0 Å². The summed E-state index contributed by atoms with van der Waals surface area (Å²) in [5.41, 5.74) is 9.35. The number of phenolic OH excluding ortho intramolecular Hbond substituents is 1. The molecule has 2 aromatic heterocycles. The van der Waals surface area contributed by atoms with Gasteiger partial charge in [0.25, 0.3) is 0 Å². The van der Waals surface area contributed by atoms with Crippen molar-refractivity contribution in [2.75, 3.05) is 5.73 Å². The van der Waals surface area contributed by atoms with Crippen LogP contribution in [0.5, 0.6) is 5.75 Å². The molecule has 0 saturated carbocycles. The van der Waals surface area contributed by atoms with Crippen molar-refractivity contribution in [3.8, 4) is 28.4 Å². The van der Waals surface area contributed by atoms with E-state index in [4.69, 9.17) is 17.3 Å². The van der Waals surface area contributed by atoms with Gasteiger partial charge in [0.05, 0.1) is 28.8 Å². The molecule has 4 N–H and O–H groups in total. The molecule has 0 amide bonds. The smallest absolute Gasteiger partial charge is 0.142 e. The number of hydrogen-bond donors (Lipinski definition) is 3. The summed E-state index contributed by atoms with van der Waals surface area (Å²) in [4.78, 5) is 8.68. The summed E-state index contributed by atoms with van der Waals surface area (Å²) < 4.78 is 0. The Labute approximate surface area is 125 Å². The lowest BCUT2D eigenvalue weighted by atomic mass is 10.1. The van der Waals surface area contributed by atoms with Crippen molar-refractivity contribution < 1.29 is 5.11 Å². The molecular formula is C14H12ClN5O. The van der Waals surface area contributed by atoms with E-state index in [-0.39, 0.29) is 10.8 Å². The lowest BCUT2D eigenvalue weighted by Gasteiger charge is -2.09. The predicted molar refractivity (Wildman–Crippen MR) is 80.9 cm³/mol. The van der Waals surface area contributed by atoms with Crippen LogP contribution in [0.1, 0.15) is 5.56 Å². The van der Waals surface area contributed by atoms with E-state index in [2.05, 4.69) is 20.2 Å². The summed E-state index contributed by atoms with van der Waals surface area (Å²) in [6.07, 6.45) is 3.18. The van der Waals surface area contributed by atoms with Gasteiger partial charge in [-0.1, -0.05) is 11.6 Å². The molecule has 21 heavy (non-hydrogen) atoms. The fourth-order valence-electron chi connectivity index (χ4n) is 2.03. The third-order valence-electron chi connectivity index (χ3n) is 3.08. The highest BCUT2D eigenvalue weighted by Gasteiger charge is 2.15. The van der Waals surface area contributed by atoms with Gasteiger partial charge in [-0.15, -0.1) is 0 Å². The van der Waals surface area contributed by atoms with Crippen molar-refractivity contribution in [1.82, 2.24) is 20.2 Å². The van der Waals surface area contributed by atoms with Gasteiger partial charge in [0.2, 0.25) is 0 Å². The largest absolute Gasteiger partial charge is 0.506 e.